The van der Waals surface area contributed by atoms with Crippen LogP contribution in [-0.2, 0) is 4.74 Å². The van der Waals surface area contributed by atoms with E-state index in [0.717, 1.165) is 0 Å². The second-order valence-corrected chi connectivity index (χ2v) is 6.65. The molecule has 0 aliphatic heterocycles. The van der Waals surface area contributed by atoms with E-state index < -0.39 is 17.6 Å². The molecule has 0 amide bonds. The number of benzene rings is 3. The molecule has 30 heavy (non-hydrogen) atoms. The van der Waals surface area contributed by atoms with E-state index in [1.54, 1.807) is 25.1 Å². The zero-order chi connectivity index (χ0) is 21.1. The number of fused-ring (bicyclic) bond motifs is 1. The van der Waals surface area contributed by atoms with Gasteiger partial charge in [0.2, 0.25) is 0 Å². The van der Waals surface area contributed by atoms with Gasteiger partial charge in [0.05, 0.1) is 23.4 Å². The molecular weight excluding hydrogens is 381 g/mol. The van der Waals surface area contributed by atoms with Gasteiger partial charge in [0.25, 0.3) is 0 Å². The van der Waals surface area contributed by atoms with E-state index >= 15 is 0 Å². The first kappa shape index (κ1) is 19.5. The fourth-order valence-corrected chi connectivity index (χ4v) is 3.40. The van der Waals surface area contributed by atoms with Crippen molar-refractivity contribution in [2.24, 2.45) is 0 Å². The second-order valence-electron chi connectivity index (χ2n) is 6.65. The van der Waals surface area contributed by atoms with Crippen LogP contribution in [0.1, 0.15) is 33.2 Å². The van der Waals surface area contributed by atoms with Crippen LogP contribution in [-0.4, -0.2) is 23.3 Å². The minimum atomic E-state index is -0.625. The Morgan fingerprint density at radius 3 is 2.23 bits per heavy atom. The van der Waals surface area contributed by atoms with E-state index in [-0.39, 0.29) is 23.3 Å². The van der Waals surface area contributed by atoms with E-state index in [2.05, 4.69) is 4.98 Å². The summed E-state index contributed by atoms with van der Waals surface area (Å²) in [5.74, 6) is -1.46. The minimum absolute atomic E-state index is 0.107. The molecule has 0 saturated carbocycles. The summed E-state index contributed by atoms with van der Waals surface area (Å²) in [4.78, 5) is 31.2. The van der Waals surface area contributed by atoms with Crippen LogP contribution >= 0.6 is 0 Å². The number of rotatable bonds is 5. The van der Waals surface area contributed by atoms with E-state index in [1.165, 1.54) is 24.3 Å². The number of halogens is 1. The highest BCUT2D eigenvalue weighted by Gasteiger charge is 2.27. The average Bonchev–Trinajstić information content (AvgIpc) is 2.78. The van der Waals surface area contributed by atoms with Gasteiger partial charge in [0.15, 0.2) is 5.78 Å². The second kappa shape index (κ2) is 8.25. The van der Waals surface area contributed by atoms with Crippen LogP contribution in [0.3, 0.4) is 0 Å². The fourth-order valence-electron chi connectivity index (χ4n) is 3.40. The molecule has 0 saturated heterocycles. The number of ether oxygens (including phenoxy) is 1. The highest BCUT2D eigenvalue weighted by atomic mass is 19.1. The van der Waals surface area contributed by atoms with Crippen molar-refractivity contribution in [1.29, 1.82) is 0 Å². The highest BCUT2D eigenvalue weighted by Crippen LogP contribution is 2.32. The Kier molecular flexibility index (Phi) is 5.35. The molecule has 0 spiro atoms. The lowest BCUT2D eigenvalue weighted by Gasteiger charge is -2.16. The minimum Gasteiger partial charge on any atom is -0.462 e. The van der Waals surface area contributed by atoms with Gasteiger partial charge in [-0.15, -0.1) is 0 Å². The van der Waals surface area contributed by atoms with Crippen molar-refractivity contribution in [2.75, 3.05) is 6.61 Å². The third kappa shape index (κ3) is 3.57. The summed E-state index contributed by atoms with van der Waals surface area (Å²) in [5.41, 5.74) is 2.23. The van der Waals surface area contributed by atoms with E-state index in [0.29, 0.717) is 22.2 Å². The van der Waals surface area contributed by atoms with Crippen LogP contribution in [0.25, 0.3) is 22.2 Å². The summed E-state index contributed by atoms with van der Waals surface area (Å²) in [7, 11) is 0. The SMILES string of the molecule is CCOC(=O)c1c(-c2ccccc2)nc2ccccc2c1C(=O)c1ccc(F)cc1. The van der Waals surface area contributed by atoms with E-state index in [9.17, 15) is 14.0 Å². The Hall–Kier alpha value is -3.86. The molecule has 0 atom stereocenters. The summed E-state index contributed by atoms with van der Waals surface area (Å²) in [6, 6.07) is 21.6. The first-order valence-corrected chi connectivity index (χ1v) is 9.55. The van der Waals surface area contributed by atoms with Crippen molar-refractivity contribution in [1.82, 2.24) is 4.98 Å². The topological polar surface area (TPSA) is 56.3 Å². The van der Waals surface area contributed by atoms with E-state index in [1.807, 2.05) is 36.4 Å². The highest BCUT2D eigenvalue weighted by molar-refractivity contribution is 6.22. The van der Waals surface area contributed by atoms with Crippen LogP contribution in [0.2, 0.25) is 0 Å². The molecule has 1 aromatic heterocycles. The quantitative estimate of drug-likeness (QED) is 0.331. The number of nitrogens with zero attached hydrogens (tertiary/aromatic N) is 1. The Morgan fingerprint density at radius 1 is 0.867 bits per heavy atom. The lowest BCUT2D eigenvalue weighted by Crippen LogP contribution is -2.16. The van der Waals surface area contributed by atoms with Crippen LogP contribution in [0.5, 0.6) is 0 Å². The largest absolute Gasteiger partial charge is 0.462 e. The van der Waals surface area contributed by atoms with Gasteiger partial charge < -0.3 is 4.74 Å². The molecule has 3 aromatic carbocycles. The molecule has 5 heteroatoms. The first-order valence-electron chi connectivity index (χ1n) is 9.55. The Bertz CT molecular complexity index is 1230. The number of para-hydroxylation sites is 1. The van der Waals surface area contributed by atoms with E-state index in [4.69, 9.17) is 4.74 Å². The van der Waals surface area contributed by atoms with Gasteiger partial charge in [0.1, 0.15) is 5.82 Å². The monoisotopic (exact) mass is 399 g/mol. The summed E-state index contributed by atoms with van der Waals surface area (Å²) in [6.45, 7) is 1.86. The maximum absolute atomic E-state index is 13.5. The molecule has 4 rings (SSSR count). The van der Waals surface area contributed by atoms with Crippen molar-refractivity contribution in [3.63, 3.8) is 0 Å². The number of esters is 1. The fraction of sp³-hybridized carbons (Fsp3) is 0.0800. The Morgan fingerprint density at radius 2 is 1.53 bits per heavy atom. The number of carbonyl (C=O) groups is 2. The van der Waals surface area contributed by atoms with Gasteiger partial charge in [-0.25, -0.2) is 14.2 Å². The van der Waals surface area contributed by atoms with Gasteiger partial charge in [0, 0.05) is 22.1 Å². The van der Waals surface area contributed by atoms with Gasteiger partial charge in [-0.2, -0.15) is 0 Å². The van der Waals surface area contributed by atoms with Gasteiger partial charge in [-0.05, 0) is 37.3 Å². The average molecular weight is 399 g/mol. The van der Waals surface area contributed by atoms with Crippen LogP contribution in [0, 0.1) is 5.82 Å². The van der Waals surface area contributed by atoms with Crippen molar-refractivity contribution >= 4 is 22.7 Å². The van der Waals surface area contributed by atoms with Crippen LogP contribution < -0.4 is 0 Å². The zero-order valence-corrected chi connectivity index (χ0v) is 16.3. The van der Waals surface area contributed by atoms with Gasteiger partial charge in [-0.1, -0.05) is 48.5 Å². The molecule has 0 N–H and O–H groups in total. The molecule has 0 bridgehead atoms. The predicted octanol–water partition coefficient (Wildman–Crippen LogP) is 5.45. The molecule has 0 radical (unpaired) electrons. The van der Waals surface area contributed by atoms with Crippen molar-refractivity contribution in [3.05, 3.63) is 101 Å². The summed E-state index contributed by atoms with van der Waals surface area (Å²) < 4.78 is 18.7. The molecule has 4 nitrogen and oxygen atoms in total. The summed E-state index contributed by atoms with van der Waals surface area (Å²) in [5, 5.41) is 0.537. The number of ketones is 1. The van der Waals surface area contributed by atoms with Crippen LogP contribution in [0.4, 0.5) is 4.39 Å². The molecule has 1 heterocycles. The predicted molar refractivity (Wildman–Crippen MR) is 113 cm³/mol. The Balaban J connectivity index is 2.07. The van der Waals surface area contributed by atoms with Crippen molar-refractivity contribution < 1.29 is 18.7 Å². The number of carbonyl (C=O) groups excluding carboxylic acids is 2. The maximum atomic E-state index is 13.5. The molecule has 0 fully saturated rings. The number of hydrogen-bond donors (Lipinski definition) is 0. The third-order valence-electron chi connectivity index (χ3n) is 4.75. The molecule has 148 valence electrons. The third-order valence-corrected chi connectivity index (χ3v) is 4.75. The normalized spacial score (nSPS) is 10.7. The first-order chi connectivity index (χ1) is 14.6. The zero-order valence-electron chi connectivity index (χ0n) is 16.3. The van der Waals surface area contributed by atoms with Gasteiger partial charge >= 0.3 is 5.97 Å². The number of hydrogen-bond acceptors (Lipinski definition) is 4. The van der Waals surface area contributed by atoms with Crippen molar-refractivity contribution in [3.8, 4) is 11.3 Å². The summed E-state index contributed by atoms with van der Waals surface area (Å²) in [6.07, 6.45) is 0. The molecule has 4 aromatic rings. The Labute approximate surface area is 173 Å². The number of pyridine rings is 1. The lowest BCUT2D eigenvalue weighted by atomic mass is 9.91. The number of aromatic nitrogens is 1. The van der Waals surface area contributed by atoms with Gasteiger partial charge in [-0.3, -0.25) is 4.79 Å². The molecule has 0 aliphatic rings. The smallest absolute Gasteiger partial charge is 0.341 e. The summed E-state index contributed by atoms with van der Waals surface area (Å²) >= 11 is 0. The molecular formula is C25H18FNO3. The standard InChI is InChI=1S/C25H18FNO3/c1-2-30-25(29)22-21(24(28)17-12-14-18(26)15-13-17)19-10-6-7-11-20(19)27-23(22)16-8-4-3-5-9-16/h3-15H,2H2,1H3. The van der Waals surface area contributed by atoms with Crippen LogP contribution in [0.15, 0.2) is 78.9 Å². The van der Waals surface area contributed by atoms with Crippen molar-refractivity contribution in [2.45, 2.75) is 6.92 Å². The molecule has 0 aliphatic carbocycles. The lowest BCUT2D eigenvalue weighted by molar-refractivity contribution is 0.0524. The maximum Gasteiger partial charge on any atom is 0.341 e. The molecule has 0 unspecified atom stereocenters.